The zero-order valence-corrected chi connectivity index (χ0v) is 9.53. The summed E-state index contributed by atoms with van der Waals surface area (Å²) in [6.07, 6.45) is 9.41. The van der Waals surface area contributed by atoms with Gasteiger partial charge in [-0.2, -0.15) is 0 Å². The van der Waals surface area contributed by atoms with Gasteiger partial charge in [0.15, 0.2) is 0 Å². The van der Waals surface area contributed by atoms with Gasteiger partial charge in [0.25, 0.3) is 0 Å². The third kappa shape index (κ3) is 2.59. The predicted molar refractivity (Wildman–Crippen MR) is 66.7 cm³/mol. The van der Waals surface area contributed by atoms with E-state index in [1.54, 1.807) is 0 Å². The second kappa shape index (κ2) is 4.48. The summed E-state index contributed by atoms with van der Waals surface area (Å²) in [5.74, 6) is 0.712. The lowest BCUT2D eigenvalue weighted by molar-refractivity contribution is 0.662. The Balaban J connectivity index is 2.30. The Hall–Kier alpha value is -1.30. The molecule has 1 aliphatic rings. The van der Waals surface area contributed by atoms with E-state index in [2.05, 4.69) is 56.3 Å². The minimum absolute atomic E-state index is 0.712. The Bertz CT molecular complexity index is 396. The Morgan fingerprint density at radius 3 is 2.93 bits per heavy atom. The molecule has 1 aromatic carbocycles. The highest BCUT2D eigenvalue weighted by atomic mass is 14.1. The average molecular weight is 198 g/mol. The van der Waals surface area contributed by atoms with Crippen LogP contribution in [0, 0.1) is 12.8 Å². The van der Waals surface area contributed by atoms with Gasteiger partial charge in [-0.15, -0.1) is 0 Å². The van der Waals surface area contributed by atoms with Gasteiger partial charge < -0.3 is 0 Å². The van der Waals surface area contributed by atoms with Gasteiger partial charge in [-0.25, -0.2) is 0 Å². The zero-order chi connectivity index (χ0) is 10.7. The van der Waals surface area contributed by atoms with Gasteiger partial charge in [-0.05, 0) is 36.8 Å². The Morgan fingerprint density at radius 2 is 2.13 bits per heavy atom. The molecule has 1 aliphatic carbocycles. The molecule has 0 saturated heterocycles. The van der Waals surface area contributed by atoms with E-state index in [-0.39, 0.29) is 0 Å². The topological polar surface area (TPSA) is 0 Å². The molecule has 0 bridgehead atoms. The van der Waals surface area contributed by atoms with Crippen LogP contribution < -0.4 is 0 Å². The highest BCUT2D eigenvalue weighted by Gasteiger charge is 2.04. The average Bonchev–Trinajstić information content (AvgIpc) is 2.43. The summed E-state index contributed by atoms with van der Waals surface area (Å²) in [6, 6.07) is 8.73. The van der Waals surface area contributed by atoms with E-state index in [0.29, 0.717) is 5.92 Å². The fourth-order valence-corrected chi connectivity index (χ4v) is 1.97. The second-order valence-corrected chi connectivity index (χ2v) is 4.44. The van der Waals surface area contributed by atoms with Gasteiger partial charge >= 0.3 is 0 Å². The first-order chi connectivity index (χ1) is 7.25. The van der Waals surface area contributed by atoms with Crippen LogP contribution >= 0.6 is 0 Å². The monoisotopic (exact) mass is 198 g/mol. The molecule has 1 aromatic rings. The predicted octanol–water partition coefficient (Wildman–Crippen LogP) is 4.36. The van der Waals surface area contributed by atoms with Gasteiger partial charge in [-0.1, -0.05) is 55.0 Å². The molecule has 0 aromatic heterocycles. The van der Waals surface area contributed by atoms with Crippen molar-refractivity contribution < 1.29 is 0 Å². The van der Waals surface area contributed by atoms with Crippen LogP contribution in [0.5, 0.6) is 0 Å². The Morgan fingerprint density at radius 1 is 1.27 bits per heavy atom. The number of rotatable bonds is 1. The summed E-state index contributed by atoms with van der Waals surface area (Å²) in [5, 5.41) is 0. The largest absolute Gasteiger partial charge is 0.0811 e. The van der Waals surface area contributed by atoms with E-state index in [4.69, 9.17) is 0 Å². The van der Waals surface area contributed by atoms with Crippen molar-refractivity contribution in [1.82, 2.24) is 0 Å². The third-order valence-electron chi connectivity index (χ3n) is 2.94. The summed E-state index contributed by atoms with van der Waals surface area (Å²) in [7, 11) is 0. The van der Waals surface area contributed by atoms with Crippen molar-refractivity contribution in [3.63, 3.8) is 0 Å². The SMILES string of the molecule is Cc1cccc(C2=CCCC(C)C=C2)c1. The van der Waals surface area contributed by atoms with E-state index < -0.39 is 0 Å². The molecule has 0 heterocycles. The third-order valence-corrected chi connectivity index (χ3v) is 2.94. The number of benzene rings is 1. The van der Waals surface area contributed by atoms with Gasteiger partial charge in [0.1, 0.15) is 0 Å². The number of hydrogen-bond acceptors (Lipinski definition) is 0. The molecule has 0 saturated carbocycles. The van der Waals surface area contributed by atoms with Gasteiger partial charge in [-0.3, -0.25) is 0 Å². The number of allylic oxidation sites excluding steroid dienone is 4. The second-order valence-electron chi connectivity index (χ2n) is 4.44. The van der Waals surface area contributed by atoms with Crippen LogP contribution in [0.25, 0.3) is 5.57 Å². The highest BCUT2D eigenvalue weighted by Crippen LogP contribution is 2.23. The molecule has 0 amide bonds. The van der Waals surface area contributed by atoms with E-state index in [1.165, 1.54) is 29.5 Å². The van der Waals surface area contributed by atoms with E-state index in [9.17, 15) is 0 Å². The van der Waals surface area contributed by atoms with Crippen molar-refractivity contribution in [3.05, 3.63) is 53.6 Å². The lowest BCUT2D eigenvalue weighted by Gasteiger charge is -2.02. The van der Waals surface area contributed by atoms with Gasteiger partial charge in [0.2, 0.25) is 0 Å². The molecular formula is C15H18. The van der Waals surface area contributed by atoms with Crippen molar-refractivity contribution in [3.8, 4) is 0 Å². The fourth-order valence-electron chi connectivity index (χ4n) is 1.97. The van der Waals surface area contributed by atoms with E-state index in [1.807, 2.05) is 0 Å². The molecule has 0 spiro atoms. The maximum Gasteiger partial charge on any atom is -0.0185 e. The van der Waals surface area contributed by atoms with Crippen LogP contribution in [0.4, 0.5) is 0 Å². The number of hydrogen-bond donors (Lipinski definition) is 0. The van der Waals surface area contributed by atoms with Gasteiger partial charge in [0.05, 0.1) is 0 Å². The maximum atomic E-state index is 2.36. The minimum atomic E-state index is 0.712. The minimum Gasteiger partial charge on any atom is -0.0811 e. The number of aryl methyl sites for hydroxylation is 1. The molecule has 2 rings (SSSR count). The summed E-state index contributed by atoms with van der Waals surface area (Å²) < 4.78 is 0. The molecule has 0 aliphatic heterocycles. The Labute approximate surface area is 92.3 Å². The van der Waals surface area contributed by atoms with Crippen LogP contribution in [0.15, 0.2) is 42.5 Å². The van der Waals surface area contributed by atoms with Crippen LogP contribution in [0.1, 0.15) is 30.9 Å². The lowest BCUT2D eigenvalue weighted by Crippen LogP contribution is -1.84. The van der Waals surface area contributed by atoms with Crippen LogP contribution in [0.2, 0.25) is 0 Å². The lowest BCUT2D eigenvalue weighted by atomic mass is 10.0. The first kappa shape index (κ1) is 10.2. The standard InChI is InChI=1S/C15H18/c1-12-5-3-7-14(10-9-12)15-8-4-6-13(2)11-15/h4,6-12H,3,5H2,1-2H3. The van der Waals surface area contributed by atoms with Crippen LogP contribution in [-0.4, -0.2) is 0 Å². The molecule has 0 fully saturated rings. The summed E-state index contributed by atoms with van der Waals surface area (Å²) >= 11 is 0. The normalized spacial score (nSPS) is 20.9. The molecule has 15 heavy (non-hydrogen) atoms. The van der Waals surface area contributed by atoms with Crippen molar-refractivity contribution >= 4 is 5.57 Å². The van der Waals surface area contributed by atoms with Crippen molar-refractivity contribution in [1.29, 1.82) is 0 Å². The van der Waals surface area contributed by atoms with E-state index in [0.717, 1.165) is 0 Å². The molecule has 1 unspecified atom stereocenters. The summed E-state index contributed by atoms with van der Waals surface area (Å²) in [5.41, 5.74) is 4.06. The first-order valence-corrected chi connectivity index (χ1v) is 5.71. The van der Waals surface area contributed by atoms with Crippen molar-refractivity contribution in [2.45, 2.75) is 26.7 Å². The molecular weight excluding hydrogens is 180 g/mol. The molecule has 0 radical (unpaired) electrons. The van der Waals surface area contributed by atoms with E-state index >= 15 is 0 Å². The maximum absolute atomic E-state index is 2.36. The highest BCUT2D eigenvalue weighted by molar-refractivity contribution is 5.74. The summed E-state index contributed by atoms with van der Waals surface area (Å²) in [4.78, 5) is 0. The molecule has 0 N–H and O–H groups in total. The van der Waals surface area contributed by atoms with Crippen LogP contribution in [0.3, 0.4) is 0 Å². The Kier molecular flexibility index (Phi) is 3.05. The first-order valence-electron chi connectivity index (χ1n) is 5.71. The van der Waals surface area contributed by atoms with Gasteiger partial charge in [0, 0.05) is 0 Å². The van der Waals surface area contributed by atoms with Crippen molar-refractivity contribution in [2.75, 3.05) is 0 Å². The smallest absolute Gasteiger partial charge is 0.0185 e. The van der Waals surface area contributed by atoms with Crippen LogP contribution in [-0.2, 0) is 0 Å². The summed E-state index contributed by atoms with van der Waals surface area (Å²) in [6.45, 7) is 4.43. The molecule has 0 nitrogen and oxygen atoms in total. The molecule has 78 valence electrons. The molecule has 0 heteroatoms. The zero-order valence-electron chi connectivity index (χ0n) is 9.53. The quantitative estimate of drug-likeness (QED) is 0.628. The van der Waals surface area contributed by atoms with Crippen molar-refractivity contribution in [2.24, 2.45) is 5.92 Å². The fraction of sp³-hybridized carbons (Fsp3) is 0.333. The molecule has 1 atom stereocenters.